The fraction of sp³-hybridized carbons (Fsp3) is 0.0625. The molecule has 0 atom stereocenters. The van der Waals surface area contributed by atoms with Crippen molar-refractivity contribution in [1.29, 1.82) is 0 Å². The van der Waals surface area contributed by atoms with E-state index in [-0.39, 0.29) is 30.0 Å². The minimum Gasteiger partial charge on any atom is -0.478 e. The van der Waals surface area contributed by atoms with Gasteiger partial charge < -0.3 is 14.6 Å². The van der Waals surface area contributed by atoms with Gasteiger partial charge in [0.1, 0.15) is 11.5 Å². The maximum Gasteiger partial charge on any atom is 0.335 e. The van der Waals surface area contributed by atoms with Gasteiger partial charge in [-0.2, -0.15) is 0 Å². The van der Waals surface area contributed by atoms with Crippen molar-refractivity contribution in [2.45, 2.75) is 6.92 Å². The number of carbonyl (C=O) groups excluding carboxylic acids is 2. The maximum atomic E-state index is 11.1. The lowest BCUT2D eigenvalue weighted by Gasteiger charge is -2.09. The zero-order chi connectivity index (χ0) is 16.1. The van der Waals surface area contributed by atoms with Crippen molar-refractivity contribution in [3.8, 4) is 22.6 Å². The second-order valence-electron chi connectivity index (χ2n) is 4.51. The standard InChI is InChI=1S/C16H12O6/c1-10-2-11(4-13(3-10)16(19)20)12-5-14(21-8-17)7-15(6-12)22-9-18/h2-9H,1H3,(H,19,20). The number of aromatic carboxylic acids is 1. The van der Waals surface area contributed by atoms with Crippen molar-refractivity contribution < 1.29 is 29.0 Å². The first-order valence-electron chi connectivity index (χ1n) is 6.24. The van der Waals surface area contributed by atoms with Gasteiger partial charge in [0.25, 0.3) is 12.9 Å². The number of aryl methyl sites for hydroxylation is 1. The summed E-state index contributed by atoms with van der Waals surface area (Å²) < 4.78 is 9.54. The van der Waals surface area contributed by atoms with Crippen molar-refractivity contribution >= 4 is 18.9 Å². The second kappa shape index (κ2) is 6.53. The summed E-state index contributed by atoms with van der Waals surface area (Å²) >= 11 is 0. The molecule has 1 N–H and O–H groups in total. The molecule has 22 heavy (non-hydrogen) atoms. The van der Waals surface area contributed by atoms with Crippen LogP contribution in [0.4, 0.5) is 0 Å². The molecule has 2 rings (SSSR count). The van der Waals surface area contributed by atoms with E-state index < -0.39 is 5.97 Å². The zero-order valence-electron chi connectivity index (χ0n) is 11.6. The predicted octanol–water partition coefficient (Wildman–Crippen LogP) is 2.43. The summed E-state index contributed by atoms with van der Waals surface area (Å²) in [4.78, 5) is 32.1. The van der Waals surface area contributed by atoms with Gasteiger partial charge in [0.15, 0.2) is 0 Å². The highest BCUT2D eigenvalue weighted by molar-refractivity contribution is 5.90. The molecule has 0 saturated carbocycles. The summed E-state index contributed by atoms with van der Waals surface area (Å²) in [7, 11) is 0. The molecule has 2 aromatic rings. The average molecular weight is 300 g/mol. The first kappa shape index (κ1) is 15.2. The third-order valence-electron chi connectivity index (χ3n) is 2.91. The SMILES string of the molecule is Cc1cc(C(=O)O)cc(-c2cc(OC=O)cc(OC=O)c2)c1. The second-order valence-corrected chi connectivity index (χ2v) is 4.51. The van der Waals surface area contributed by atoms with Gasteiger partial charge in [0, 0.05) is 6.07 Å². The van der Waals surface area contributed by atoms with Crippen molar-refractivity contribution in [3.63, 3.8) is 0 Å². The van der Waals surface area contributed by atoms with Gasteiger partial charge in [-0.05, 0) is 47.9 Å². The van der Waals surface area contributed by atoms with Crippen molar-refractivity contribution in [3.05, 3.63) is 47.5 Å². The van der Waals surface area contributed by atoms with Crippen LogP contribution in [0.1, 0.15) is 15.9 Å². The highest BCUT2D eigenvalue weighted by atomic mass is 16.5. The van der Waals surface area contributed by atoms with Gasteiger partial charge in [-0.1, -0.05) is 6.07 Å². The van der Waals surface area contributed by atoms with Gasteiger partial charge in [-0.15, -0.1) is 0 Å². The fourth-order valence-electron chi connectivity index (χ4n) is 2.06. The number of carboxylic acid groups (broad SMARTS) is 1. The Hall–Kier alpha value is -3.15. The highest BCUT2D eigenvalue weighted by Crippen LogP contribution is 2.31. The molecule has 0 amide bonds. The summed E-state index contributed by atoms with van der Waals surface area (Å²) in [5.74, 6) is -0.680. The summed E-state index contributed by atoms with van der Waals surface area (Å²) in [6.45, 7) is 2.27. The number of benzene rings is 2. The number of ether oxygens (including phenoxy) is 2. The Kier molecular flexibility index (Phi) is 4.53. The van der Waals surface area contributed by atoms with Crippen molar-refractivity contribution in [2.75, 3.05) is 0 Å². The van der Waals surface area contributed by atoms with Crippen LogP contribution in [0.15, 0.2) is 36.4 Å². The average Bonchev–Trinajstić information content (AvgIpc) is 2.47. The Balaban J connectivity index is 2.57. The van der Waals surface area contributed by atoms with Crippen LogP contribution in [0.5, 0.6) is 11.5 Å². The molecule has 0 radical (unpaired) electrons. The van der Waals surface area contributed by atoms with Crippen LogP contribution in [0.2, 0.25) is 0 Å². The van der Waals surface area contributed by atoms with E-state index in [4.69, 9.17) is 14.6 Å². The third-order valence-corrected chi connectivity index (χ3v) is 2.91. The van der Waals surface area contributed by atoms with Crippen LogP contribution in [0, 0.1) is 6.92 Å². The van der Waals surface area contributed by atoms with E-state index in [9.17, 15) is 14.4 Å². The highest BCUT2D eigenvalue weighted by Gasteiger charge is 2.10. The molecule has 0 spiro atoms. The van der Waals surface area contributed by atoms with Crippen molar-refractivity contribution in [1.82, 2.24) is 0 Å². The predicted molar refractivity (Wildman–Crippen MR) is 77.0 cm³/mol. The Labute approximate surface area is 125 Å². The Morgan fingerprint density at radius 2 is 1.45 bits per heavy atom. The molecule has 0 unspecified atom stereocenters. The fourth-order valence-corrected chi connectivity index (χ4v) is 2.06. The molecule has 0 bridgehead atoms. The van der Waals surface area contributed by atoms with E-state index in [2.05, 4.69) is 0 Å². The molecule has 0 heterocycles. The molecule has 0 aliphatic carbocycles. The van der Waals surface area contributed by atoms with Crippen molar-refractivity contribution in [2.24, 2.45) is 0 Å². The van der Waals surface area contributed by atoms with Crippen LogP contribution in [0.25, 0.3) is 11.1 Å². The monoisotopic (exact) mass is 300 g/mol. The Bertz CT molecular complexity index is 707. The minimum absolute atomic E-state index is 0.134. The van der Waals surface area contributed by atoms with E-state index in [1.807, 2.05) is 0 Å². The number of carboxylic acids is 1. The molecular formula is C16H12O6. The quantitative estimate of drug-likeness (QED) is 0.824. The molecule has 6 nitrogen and oxygen atoms in total. The molecule has 0 aliphatic rings. The lowest BCUT2D eigenvalue weighted by molar-refractivity contribution is -0.121. The van der Waals surface area contributed by atoms with E-state index in [1.54, 1.807) is 31.2 Å². The Morgan fingerprint density at radius 3 is 1.95 bits per heavy atom. The normalized spacial score (nSPS) is 9.86. The summed E-state index contributed by atoms with van der Waals surface area (Å²) in [6, 6.07) is 9.27. The lowest BCUT2D eigenvalue weighted by Crippen LogP contribution is -1.98. The van der Waals surface area contributed by atoms with Gasteiger partial charge in [-0.25, -0.2) is 4.79 Å². The van der Waals surface area contributed by atoms with Gasteiger partial charge in [-0.3, -0.25) is 9.59 Å². The number of hydrogen-bond donors (Lipinski definition) is 1. The summed E-state index contributed by atoms with van der Waals surface area (Å²) in [5.41, 5.74) is 2.05. The lowest BCUT2D eigenvalue weighted by atomic mass is 10.00. The van der Waals surface area contributed by atoms with Gasteiger partial charge >= 0.3 is 5.97 Å². The molecule has 2 aromatic carbocycles. The first-order valence-corrected chi connectivity index (χ1v) is 6.24. The molecular weight excluding hydrogens is 288 g/mol. The maximum absolute atomic E-state index is 11.1. The van der Waals surface area contributed by atoms with E-state index in [1.165, 1.54) is 12.1 Å². The third kappa shape index (κ3) is 3.49. The van der Waals surface area contributed by atoms with Gasteiger partial charge in [0.2, 0.25) is 0 Å². The van der Waals surface area contributed by atoms with Gasteiger partial charge in [0.05, 0.1) is 5.56 Å². The van der Waals surface area contributed by atoms with E-state index in [0.717, 1.165) is 5.56 Å². The topological polar surface area (TPSA) is 89.9 Å². The first-order chi connectivity index (χ1) is 10.5. The van der Waals surface area contributed by atoms with E-state index >= 15 is 0 Å². The molecule has 0 saturated heterocycles. The summed E-state index contributed by atoms with van der Waals surface area (Å²) in [5, 5.41) is 9.12. The minimum atomic E-state index is -1.05. The van der Waals surface area contributed by atoms with E-state index in [0.29, 0.717) is 11.1 Å². The Morgan fingerprint density at radius 1 is 0.909 bits per heavy atom. The van der Waals surface area contributed by atoms with Crippen LogP contribution < -0.4 is 9.47 Å². The van der Waals surface area contributed by atoms with Crippen LogP contribution in [-0.2, 0) is 9.59 Å². The number of carbonyl (C=O) groups is 3. The molecule has 0 aromatic heterocycles. The van der Waals surface area contributed by atoms with Crippen LogP contribution in [-0.4, -0.2) is 24.0 Å². The zero-order valence-corrected chi connectivity index (χ0v) is 11.6. The number of rotatable bonds is 6. The molecule has 0 aliphatic heterocycles. The van der Waals surface area contributed by atoms with Crippen LogP contribution in [0.3, 0.4) is 0 Å². The molecule has 6 heteroatoms. The summed E-state index contributed by atoms with van der Waals surface area (Å²) in [6.07, 6.45) is 0. The molecule has 112 valence electrons. The largest absolute Gasteiger partial charge is 0.478 e. The molecule has 0 fully saturated rings. The van der Waals surface area contributed by atoms with Crippen LogP contribution >= 0.6 is 0 Å². The smallest absolute Gasteiger partial charge is 0.335 e. The number of hydrogen-bond acceptors (Lipinski definition) is 5.